The van der Waals surface area contributed by atoms with E-state index in [1.807, 2.05) is 36.9 Å². The summed E-state index contributed by atoms with van der Waals surface area (Å²) in [6, 6.07) is 9.28. The SMILES string of the molecule is CCCN(CCC)C(=O)/C=C(\C)c1cc2c(-c3ccc(Cl)cc3Cl)coc2cc1OCC. The fourth-order valence-electron chi connectivity index (χ4n) is 3.78. The number of benzene rings is 2. The van der Waals surface area contributed by atoms with Crippen LogP contribution in [0.2, 0.25) is 10.0 Å². The molecule has 1 aromatic heterocycles. The van der Waals surface area contributed by atoms with Crippen molar-refractivity contribution in [2.24, 2.45) is 0 Å². The van der Waals surface area contributed by atoms with Gasteiger partial charge in [-0.1, -0.05) is 43.1 Å². The number of allylic oxidation sites excluding steroid dienone is 1. The normalized spacial score (nSPS) is 11.8. The minimum atomic E-state index is 0.0157. The molecule has 3 rings (SSSR count). The van der Waals surface area contributed by atoms with E-state index in [-0.39, 0.29) is 5.91 Å². The van der Waals surface area contributed by atoms with Crippen molar-refractivity contribution in [1.82, 2.24) is 4.90 Å². The molecular weight excluding hydrogens is 445 g/mol. The van der Waals surface area contributed by atoms with E-state index in [0.717, 1.165) is 53.6 Å². The molecule has 0 atom stereocenters. The Bertz CT molecular complexity index is 1130. The molecule has 2 aromatic carbocycles. The van der Waals surface area contributed by atoms with Gasteiger partial charge in [0.25, 0.3) is 0 Å². The van der Waals surface area contributed by atoms with E-state index in [1.165, 1.54) is 0 Å². The molecule has 0 aliphatic rings. The van der Waals surface area contributed by atoms with Gasteiger partial charge < -0.3 is 14.1 Å². The summed E-state index contributed by atoms with van der Waals surface area (Å²) in [6.07, 6.45) is 5.24. The molecular formula is C26H29Cl2NO3. The molecule has 0 N–H and O–H groups in total. The van der Waals surface area contributed by atoms with Gasteiger partial charge in [-0.2, -0.15) is 0 Å². The smallest absolute Gasteiger partial charge is 0.246 e. The molecule has 0 spiro atoms. The molecule has 0 fully saturated rings. The van der Waals surface area contributed by atoms with Crippen molar-refractivity contribution in [2.45, 2.75) is 40.5 Å². The molecule has 1 amide bonds. The zero-order valence-corrected chi connectivity index (χ0v) is 20.5. The van der Waals surface area contributed by atoms with Gasteiger partial charge in [-0.25, -0.2) is 0 Å². The summed E-state index contributed by atoms with van der Waals surface area (Å²) >= 11 is 12.5. The molecule has 32 heavy (non-hydrogen) atoms. The molecule has 0 bridgehead atoms. The van der Waals surface area contributed by atoms with Crippen LogP contribution in [-0.4, -0.2) is 30.5 Å². The molecule has 0 saturated carbocycles. The third-order valence-electron chi connectivity index (χ3n) is 5.26. The van der Waals surface area contributed by atoms with E-state index in [1.54, 1.807) is 24.5 Å². The number of halogens is 2. The summed E-state index contributed by atoms with van der Waals surface area (Å²) < 4.78 is 11.7. The van der Waals surface area contributed by atoms with Crippen LogP contribution in [0.15, 0.2) is 47.1 Å². The van der Waals surface area contributed by atoms with Gasteiger partial charge in [-0.05, 0) is 50.5 Å². The molecule has 0 radical (unpaired) electrons. The lowest BCUT2D eigenvalue weighted by molar-refractivity contribution is -0.126. The first-order valence-corrected chi connectivity index (χ1v) is 11.8. The van der Waals surface area contributed by atoms with Crippen molar-refractivity contribution >= 4 is 45.7 Å². The summed E-state index contributed by atoms with van der Waals surface area (Å²) in [5.74, 6) is 0.698. The standard InChI is InChI=1S/C26H29Cl2NO3/c1-5-10-29(11-6-2)26(30)12-17(4)20-14-21-22(19-9-8-18(27)13-23(19)28)16-32-25(21)15-24(20)31-7-3/h8-9,12-16H,5-7,10-11H2,1-4H3/b17-12+. The number of rotatable bonds is 9. The molecule has 1 heterocycles. The van der Waals surface area contributed by atoms with Crippen LogP contribution in [0.4, 0.5) is 0 Å². The van der Waals surface area contributed by atoms with E-state index in [0.29, 0.717) is 28.0 Å². The Labute approximate surface area is 199 Å². The molecule has 3 aromatic rings. The van der Waals surface area contributed by atoms with Crippen LogP contribution in [-0.2, 0) is 4.79 Å². The maximum atomic E-state index is 12.9. The number of furan rings is 1. The van der Waals surface area contributed by atoms with E-state index in [9.17, 15) is 4.79 Å². The summed E-state index contributed by atoms with van der Waals surface area (Å²) in [5.41, 5.74) is 4.08. The zero-order valence-electron chi connectivity index (χ0n) is 19.0. The topological polar surface area (TPSA) is 42.7 Å². The minimum absolute atomic E-state index is 0.0157. The largest absolute Gasteiger partial charge is 0.493 e. The highest BCUT2D eigenvalue weighted by molar-refractivity contribution is 6.36. The fourth-order valence-corrected chi connectivity index (χ4v) is 4.29. The van der Waals surface area contributed by atoms with Crippen LogP contribution in [0.25, 0.3) is 27.7 Å². The van der Waals surface area contributed by atoms with Crippen LogP contribution in [0.1, 0.15) is 46.1 Å². The quantitative estimate of drug-likeness (QED) is 0.297. The molecule has 0 saturated heterocycles. The number of carbonyl (C=O) groups excluding carboxylic acids is 1. The maximum absolute atomic E-state index is 12.9. The van der Waals surface area contributed by atoms with Crippen molar-refractivity contribution in [3.63, 3.8) is 0 Å². The second kappa shape index (κ2) is 10.9. The van der Waals surface area contributed by atoms with Gasteiger partial charge in [0.05, 0.1) is 17.9 Å². The van der Waals surface area contributed by atoms with Gasteiger partial charge in [-0.3, -0.25) is 4.79 Å². The Morgan fingerprint density at radius 3 is 2.41 bits per heavy atom. The first-order chi connectivity index (χ1) is 15.4. The van der Waals surface area contributed by atoms with Crippen LogP contribution in [0, 0.1) is 0 Å². The van der Waals surface area contributed by atoms with Crippen molar-refractivity contribution in [3.8, 4) is 16.9 Å². The number of carbonyl (C=O) groups is 1. The van der Waals surface area contributed by atoms with E-state index < -0.39 is 0 Å². The second-order valence-electron chi connectivity index (χ2n) is 7.70. The Morgan fingerprint density at radius 2 is 1.78 bits per heavy atom. The highest BCUT2D eigenvalue weighted by Crippen LogP contribution is 2.40. The van der Waals surface area contributed by atoms with Gasteiger partial charge in [0.2, 0.25) is 5.91 Å². The first kappa shape index (κ1) is 24.2. The van der Waals surface area contributed by atoms with Gasteiger partial charge >= 0.3 is 0 Å². The summed E-state index contributed by atoms with van der Waals surface area (Å²) in [4.78, 5) is 14.8. The number of hydrogen-bond acceptors (Lipinski definition) is 3. The molecule has 170 valence electrons. The Morgan fingerprint density at radius 1 is 1.06 bits per heavy atom. The van der Waals surface area contributed by atoms with Crippen LogP contribution >= 0.6 is 23.2 Å². The van der Waals surface area contributed by atoms with E-state index in [4.69, 9.17) is 32.4 Å². The van der Waals surface area contributed by atoms with Gasteiger partial charge in [0.1, 0.15) is 11.3 Å². The number of nitrogens with zero attached hydrogens (tertiary/aromatic N) is 1. The average molecular weight is 474 g/mol. The van der Waals surface area contributed by atoms with Crippen LogP contribution in [0.3, 0.4) is 0 Å². The molecule has 0 unspecified atom stereocenters. The van der Waals surface area contributed by atoms with Crippen LogP contribution in [0.5, 0.6) is 5.75 Å². The molecule has 6 heteroatoms. The Kier molecular flexibility index (Phi) is 8.27. The first-order valence-electron chi connectivity index (χ1n) is 11.0. The van der Waals surface area contributed by atoms with Crippen molar-refractivity contribution in [1.29, 1.82) is 0 Å². The summed E-state index contributed by atoms with van der Waals surface area (Å²) in [6.45, 7) is 10.0. The molecule has 4 nitrogen and oxygen atoms in total. The fraction of sp³-hybridized carbons (Fsp3) is 0.346. The zero-order chi connectivity index (χ0) is 23.3. The molecule has 0 aliphatic carbocycles. The van der Waals surface area contributed by atoms with E-state index in [2.05, 4.69) is 13.8 Å². The predicted molar refractivity (Wildman–Crippen MR) is 134 cm³/mol. The number of ether oxygens (including phenoxy) is 1. The number of amides is 1. The highest BCUT2D eigenvalue weighted by Gasteiger charge is 2.18. The minimum Gasteiger partial charge on any atom is -0.493 e. The van der Waals surface area contributed by atoms with Crippen LogP contribution < -0.4 is 4.74 Å². The monoisotopic (exact) mass is 473 g/mol. The Balaban J connectivity index is 2.10. The number of fused-ring (bicyclic) bond motifs is 1. The lowest BCUT2D eigenvalue weighted by Gasteiger charge is -2.20. The Hall–Kier alpha value is -2.43. The van der Waals surface area contributed by atoms with Crippen molar-refractivity contribution < 1.29 is 13.9 Å². The maximum Gasteiger partial charge on any atom is 0.246 e. The summed E-state index contributed by atoms with van der Waals surface area (Å²) in [7, 11) is 0. The van der Waals surface area contributed by atoms with E-state index >= 15 is 0 Å². The lowest BCUT2D eigenvalue weighted by Crippen LogP contribution is -2.31. The van der Waals surface area contributed by atoms with Gasteiger partial charge in [-0.15, -0.1) is 0 Å². The molecule has 0 aliphatic heterocycles. The highest BCUT2D eigenvalue weighted by atomic mass is 35.5. The summed E-state index contributed by atoms with van der Waals surface area (Å²) in [5, 5.41) is 2.02. The van der Waals surface area contributed by atoms with Crippen molar-refractivity contribution in [2.75, 3.05) is 19.7 Å². The number of hydrogen-bond donors (Lipinski definition) is 0. The predicted octanol–water partition coefficient (Wildman–Crippen LogP) is 7.86. The second-order valence-corrected chi connectivity index (χ2v) is 8.55. The van der Waals surface area contributed by atoms with Gasteiger partial charge in [0.15, 0.2) is 0 Å². The third kappa shape index (κ3) is 5.31. The van der Waals surface area contributed by atoms with Crippen molar-refractivity contribution in [3.05, 3.63) is 58.3 Å². The van der Waals surface area contributed by atoms with Gasteiger partial charge in [0, 0.05) is 52.3 Å². The third-order valence-corrected chi connectivity index (χ3v) is 5.81. The lowest BCUT2D eigenvalue weighted by atomic mass is 9.99. The average Bonchev–Trinajstić information content (AvgIpc) is 3.15.